The van der Waals surface area contributed by atoms with Gasteiger partial charge in [-0.3, -0.25) is 0 Å². The molecule has 1 unspecified atom stereocenters. The Kier molecular flexibility index (Phi) is 5.61. The first-order valence-electron chi connectivity index (χ1n) is 8.20. The number of nitrogens with zero attached hydrogens (tertiary/aromatic N) is 1. The van der Waals surface area contributed by atoms with Gasteiger partial charge >= 0.3 is 5.97 Å². The Morgan fingerprint density at radius 1 is 1.17 bits per heavy atom. The number of para-hydroxylation sites is 1. The van der Waals surface area contributed by atoms with Crippen molar-refractivity contribution >= 4 is 5.97 Å². The fraction of sp³-hybridized carbons (Fsp3) is 0.421. The van der Waals surface area contributed by atoms with Crippen LogP contribution in [0.5, 0.6) is 0 Å². The van der Waals surface area contributed by atoms with Gasteiger partial charge in [-0.05, 0) is 51.3 Å². The Balaban J connectivity index is 2.61. The lowest BCUT2D eigenvalue weighted by molar-refractivity contribution is 0.0524. The van der Waals surface area contributed by atoms with Crippen molar-refractivity contribution in [3.8, 4) is 5.69 Å². The van der Waals surface area contributed by atoms with Gasteiger partial charge in [0.25, 0.3) is 0 Å². The van der Waals surface area contributed by atoms with E-state index in [0.29, 0.717) is 18.6 Å². The summed E-state index contributed by atoms with van der Waals surface area (Å²) in [6.45, 7) is 8.26. The summed E-state index contributed by atoms with van der Waals surface area (Å²) >= 11 is 0. The minimum absolute atomic E-state index is 0.0351. The molecule has 1 aromatic carbocycles. The highest BCUT2D eigenvalue weighted by molar-refractivity contribution is 5.93. The van der Waals surface area contributed by atoms with Crippen molar-refractivity contribution in [2.45, 2.75) is 46.6 Å². The molecule has 0 amide bonds. The predicted octanol–water partition coefficient (Wildman–Crippen LogP) is 3.55. The molecule has 0 aliphatic rings. The van der Waals surface area contributed by atoms with Crippen LogP contribution in [0.25, 0.3) is 5.69 Å². The zero-order valence-electron chi connectivity index (χ0n) is 14.4. The number of benzene rings is 1. The quantitative estimate of drug-likeness (QED) is 0.830. The number of esters is 1. The molecule has 4 nitrogen and oxygen atoms in total. The van der Waals surface area contributed by atoms with Crippen LogP contribution in [0, 0.1) is 13.8 Å². The molecule has 0 saturated heterocycles. The summed E-state index contributed by atoms with van der Waals surface area (Å²) in [6.07, 6.45) is 1.55. The molecule has 0 saturated carbocycles. The van der Waals surface area contributed by atoms with E-state index in [4.69, 9.17) is 10.5 Å². The molecule has 1 aromatic heterocycles. The molecular formula is C19H26N2O2. The first-order valence-corrected chi connectivity index (χ1v) is 8.20. The van der Waals surface area contributed by atoms with Gasteiger partial charge in [-0.2, -0.15) is 0 Å². The van der Waals surface area contributed by atoms with Crippen LogP contribution < -0.4 is 5.73 Å². The third-order valence-electron chi connectivity index (χ3n) is 4.26. The van der Waals surface area contributed by atoms with Crippen molar-refractivity contribution < 1.29 is 9.53 Å². The van der Waals surface area contributed by atoms with Crippen molar-refractivity contribution in [2.75, 3.05) is 6.61 Å². The molecular weight excluding hydrogens is 288 g/mol. The van der Waals surface area contributed by atoms with E-state index in [1.165, 1.54) is 0 Å². The van der Waals surface area contributed by atoms with Gasteiger partial charge in [-0.15, -0.1) is 0 Å². The summed E-state index contributed by atoms with van der Waals surface area (Å²) in [7, 11) is 0. The highest BCUT2D eigenvalue weighted by Crippen LogP contribution is 2.28. The average Bonchev–Trinajstić information content (AvgIpc) is 2.79. The highest BCUT2D eigenvalue weighted by Gasteiger charge is 2.25. The molecule has 2 aromatic rings. The van der Waals surface area contributed by atoms with Gasteiger partial charge in [0.1, 0.15) is 0 Å². The number of carbonyl (C=O) groups is 1. The molecule has 0 radical (unpaired) electrons. The fourth-order valence-electron chi connectivity index (χ4n) is 2.99. The van der Waals surface area contributed by atoms with Crippen LogP contribution in [0.2, 0.25) is 0 Å². The second-order valence-electron chi connectivity index (χ2n) is 5.79. The third kappa shape index (κ3) is 3.48. The largest absolute Gasteiger partial charge is 0.462 e. The number of rotatable bonds is 6. The van der Waals surface area contributed by atoms with Gasteiger partial charge < -0.3 is 15.0 Å². The summed E-state index contributed by atoms with van der Waals surface area (Å²) in [5, 5.41) is 0. The Morgan fingerprint density at radius 2 is 1.83 bits per heavy atom. The van der Waals surface area contributed by atoms with Gasteiger partial charge in [-0.25, -0.2) is 4.79 Å². The smallest absolute Gasteiger partial charge is 0.340 e. The topological polar surface area (TPSA) is 57.2 Å². The number of nitrogens with two attached hydrogens (primary N) is 1. The number of carbonyl (C=O) groups excluding carboxylic acids is 1. The van der Waals surface area contributed by atoms with E-state index >= 15 is 0 Å². The lowest BCUT2D eigenvalue weighted by Crippen LogP contribution is -2.23. The molecule has 2 rings (SSSR count). The van der Waals surface area contributed by atoms with Gasteiger partial charge in [0, 0.05) is 23.1 Å². The maximum atomic E-state index is 12.5. The monoisotopic (exact) mass is 314 g/mol. The predicted molar refractivity (Wildman–Crippen MR) is 93.2 cm³/mol. The summed E-state index contributed by atoms with van der Waals surface area (Å²) < 4.78 is 7.39. The molecule has 1 heterocycles. The summed E-state index contributed by atoms with van der Waals surface area (Å²) in [5.74, 6) is -0.263. The van der Waals surface area contributed by atoms with Crippen LogP contribution in [-0.4, -0.2) is 23.2 Å². The molecule has 0 bridgehead atoms. The molecule has 0 fully saturated rings. The minimum atomic E-state index is -0.263. The van der Waals surface area contributed by atoms with E-state index in [1.807, 2.05) is 51.1 Å². The van der Waals surface area contributed by atoms with E-state index < -0.39 is 0 Å². The van der Waals surface area contributed by atoms with Gasteiger partial charge in [0.05, 0.1) is 12.2 Å². The zero-order chi connectivity index (χ0) is 17.0. The molecule has 0 aliphatic carbocycles. The second-order valence-corrected chi connectivity index (χ2v) is 5.79. The molecule has 0 spiro atoms. The second kappa shape index (κ2) is 7.47. The summed E-state index contributed by atoms with van der Waals surface area (Å²) in [6, 6.07) is 10.1. The van der Waals surface area contributed by atoms with Crippen LogP contribution in [0.4, 0.5) is 0 Å². The number of ether oxygens (including phenoxy) is 1. The van der Waals surface area contributed by atoms with Crippen LogP contribution in [-0.2, 0) is 11.2 Å². The molecule has 1 atom stereocenters. The normalized spacial score (nSPS) is 12.2. The lowest BCUT2D eigenvalue weighted by atomic mass is 10.00. The van der Waals surface area contributed by atoms with E-state index in [-0.39, 0.29) is 12.0 Å². The fourth-order valence-corrected chi connectivity index (χ4v) is 2.99. The van der Waals surface area contributed by atoms with Crippen molar-refractivity contribution in [1.29, 1.82) is 0 Å². The van der Waals surface area contributed by atoms with Gasteiger partial charge in [0.2, 0.25) is 0 Å². The van der Waals surface area contributed by atoms with E-state index in [1.54, 1.807) is 0 Å². The minimum Gasteiger partial charge on any atom is -0.462 e. The Hall–Kier alpha value is -2.07. The number of hydrogen-bond donors (Lipinski definition) is 1. The summed E-state index contributed by atoms with van der Waals surface area (Å²) in [5.41, 5.74) is 10.8. The first kappa shape index (κ1) is 17.3. The van der Waals surface area contributed by atoms with Crippen molar-refractivity contribution in [2.24, 2.45) is 5.73 Å². The van der Waals surface area contributed by atoms with Crippen LogP contribution in [0.15, 0.2) is 30.3 Å². The van der Waals surface area contributed by atoms with Crippen molar-refractivity contribution in [3.05, 3.63) is 52.8 Å². The standard InChI is InChI=1S/C19H26N2O2/c1-5-15(20)12-17-13(3)21(16-10-8-7-9-11-16)14(4)18(17)19(22)23-6-2/h7-11,15H,5-6,12,20H2,1-4H3. The highest BCUT2D eigenvalue weighted by atomic mass is 16.5. The maximum absolute atomic E-state index is 12.5. The van der Waals surface area contributed by atoms with E-state index in [9.17, 15) is 4.79 Å². The van der Waals surface area contributed by atoms with E-state index in [2.05, 4.69) is 11.5 Å². The molecule has 4 heteroatoms. The van der Waals surface area contributed by atoms with Crippen LogP contribution in [0.1, 0.15) is 47.6 Å². The molecule has 124 valence electrons. The van der Waals surface area contributed by atoms with Gasteiger partial charge in [-0.1, -0.05) is 25.1 Å². The Bertz CT molecular complexity index is 674. The zero-order valence-corrected chi connectivity index (χ0v) is 14.4. The number of aromatic nitrogens is 1. The summed E-state index contributed by atoms with van der Waals surface area (Å²) in [4.78, 5) is 12.5. The lowest BCUT2D eigenvalue weighted by Gasteiger charge is -2.11. The Labute approximate surface area is 138 Å². The van der Waals surface area contributed by atoms with Crippen LogP contribution in [0.3, 0.4) is 0 Å². The van der Waals surface area contributed by atoms with E-state index in [0.717, 1.165) is 29.1 Å². The van der Waals surface area contributed by atoms with Gasteiger partial charge in [0.15, 0.2) is 0 Å². The molecule has 2 N–H and O–H groups in total. The third-order valence-corrected chi connectivity index (χ3v) is 4.26. The Morgan fingerprint density at radius 3 is 2.39 bits per heavy atom. The maximum Gasteiger partial charge on any atom is 0.340 e. The first-order chi connectivity index (χ1) is 11.0. The molecule has 23 heavy (non-hydrogen) atoms. The van der Waals surface area contributed by atoms with Crippen molar-refractivity contribution in [3.63, 3.8) is 0 Å². The van der Waals surface area contributed by atoms with Crippen LogP contribution >= 0.6 is 0 Å². The molecule has 0 aliphatic heterocycles. The average molecular weight is 314 g/mol. The SMILES string of the molecule is CCOC(=O)c1c(CC(N)CC)c(C)n(-c2ccccc2)c1C. The number of hydrogen-bond acceptors (Lipinski definition) is 3. The van der Waals surface area contributed by atoms with Crippen molar-refractivity contribution in [1.82, 2.24) is 4.57 Å².